The molecule has 0 heterocycles. The van der Waals surface area contributed by atoms with Gasteiger partial charge in [0.05, 0.1) is 18.8 Å². The Labute approximate surface area is 174 Å². The number of nitrogens with one attached hydrogen (secondary N) is 1. The van der Waals surface area contributed by atoms with E-state index >= 15 is 0 Å². The van der Waals surface area contributed by atoms with Crippen LogP contribution in [0.2, 0.25) is 0 Å². The van der Waals surface area contributed by atoms with E-state index in [1.165, 1.54) is 0 Å². The average Bonchev–Trinajstić information content (AvgIpc) is 2.67. The number of rotatable bonds is 9. The number of esters is 1. The van der Waals surface area contributed by atoms with Crippen molar-refractivity contribution >= 4 is 27.8 Å². The average molecular weight is 448 g/mol. The molecular weight excluding hydrogens is 422 g/mol. The zero-order valence-electron chi connectivity index (χ0n) is 16.4. The molecule has 0 saturated heterocycles. The molecule has 0 bridgehead atoms. The van der Waals surface area contributed by atoms with Gasteiger partial charge in [0.15, 0.2) is 0 Å². The number of hydrogen-bond donors (Lipinski definition) is 1. The van der Waals surface area contributed by atoms with Gasteiger partial charge in [0.1, 0.15) is 11.8 Å². The normalized spacial score (nSPS) is 11.8. The fourth-order valence-corrected chi connectivity index (χ4v) is 2.94. The van der Waals surface area contributed by atoms with Gasteiger partial charge in [-0.1, -0.05) is 60.1 Å². The summed E-state index contributed by atoms with van der Waals surface area (Å²) < 4.78 is 11.7. The highest BCUT2D eigenvalue weighted by Crippen LogP contribution is 2.24. The molecule has 0 aliphatic carbocycles. The van der Waals surface area contributed by atoms with E-state index in [1.54, 1.807) is 19.1 Å². The third kappa shape index (κ3) is 6.68. The van der Waals surface area contributed by atoms with Crippen LogP contribution >= 0.6 is 15.9 Å². The van der Waals surface area contributed by atoms with E-state index in [1.807, 2.05) is 50.2 Å². The molecule has 0 fully saturated rings. The van der Waals surface area contributed by atoms with Crippen LogP contribution in [0, 0.1) is 5.92 Å². The van der Waals surface area contributed by atoms with Crippen LogP contribution in [-0.4, -0.2) is 31.1 Å². The maximum Gasteiger partial charge on any atom is 0.328 e. The van der Waals surface area contributed by atoms with Crippen molar-refractivity contribution in [1.82, 2.24) is 5.32 Å². The molecule has 0 radical (unpaired) electrons. The molecule has 0 aliphatic rings. The predicted molar refractivity (Wildman–Crippen MR) is 113 cm³/mol. The number of amides is 1. The van der Waals surface area contributed by atoms with Crippen LogP contribution in [0.5, 0.6) is 5.75 Å². The topological polar surface area (TPSA) is 64.6 Å². The largest absolute Gasteiger partial charge is 0.492 e. The molecule has 2 aromatic rings. The molecule has 0 saturated carbocycles. The predicted octanol–water partition coefficient (Wildman–Crippen LogP) is 4.39. The zero-order chi connectivity index (χ0) is 20.5. The Bertz CT molecular complexity index is 792. The lowest BCUT2D eigenvalue weighted by molar-refractivity contribution is -0.145. The standard InChI is InChI=1S/C22H26BrNO4/c1-4-27-22(26)19(12-16-8-6-5-7-9-16)24-21(25)18-13-17(23)10-11-20(18)28-14-15(2)3/h5-11,13,15,19H,4,12,14H2,1-3H3,(H,24,25). The number of ether oxygens (including phenoxy) is 2. The second kappa shape index (κ2) is 10.9. The smallest absolute Gasteiger partial charge is 0.328 e. The SMILES string of the molecule is CCOC(=O)C(Cc1ccccc1)NC(=O)c1cc(Br)ccc1OCC(C)C. The maximum absolute atomic E-state index is 13.0. The molecule has 28 heavy (non-hydrogen) atoms. The number of benzene rings is 2. The minimum Gasteiger partial charge on any atom is -0.492 e. The molecule has 6 heteroatoms. The third-order valence-corrected chi connectivity index (χ3v) is 4.41. The lowest BCUT2D eigenvalue weighted by Crippen LogP contribution is -2.43. The van der Waals surface area contributed by atoms with Gasteiger partial charge in [0.2, 0.25) is 0 Å². The van der Waals surface area contributed by atoms with E-state index < -0.39 is 12.0 Å². The van der Waals surface area contributed by atoms with Gasteiger partial charge in [0, 0.05) is 10.9 Å². The van der Waals surface area contributed by atoms with Gasteiger partial charge in [-0.25, -0.2) is 4.79 Å². The Morgan fingerprint density at radius 2 is 1.82 bits per heavy atom. The Kier molecular flexibility index (Phi) is 8.51. The lowest BCUT2D eigenvalue weighted by Gasteiger charge is -2.19. The van der Waals surface area contributed by atoms with Gasteiger partial charge in [-0.2, -0.15) is 0 Å². The van der Waals surface area contributed by atoms with Gasteiger partial charge >= 0.3 is 5.97 Å². The zero-order valence-corrected chi connectivity index (χ0v) is 18.0. The summed E-state index contributed by atoms with van der Waals surface area (Å²) >= 11 is 3.39. The summed E-state index contributed by atoms with van der Waals surface area (Å²) in [7, 11) is 0. The van der Waals surface area contributed by atoms with Crippen molar-refractivity contribution in [2.75, 3.05) is 13.2 Å². The summed E-state index contributed by atoms with van der Waals surface area (Å²) in [6.45, 7) is 6.56. The second-order valence-electron chi connectivity index (χ2n) is 6.81. The molecule has 1 unspecified atom stereocenters. The van der Waals surface area contributed by atoms with Gasteiger partial charge in [0.25, 0.3) is 5.91 Å². The van der Waals surface area contributed by atoms with E-state index in [0.717, 1.165) is 10.0 Å². The maximum atomic E-state index is 13.0. The van der Waals surface area contributed by atoms with Crippen LogP contribution in [0.4, 0.5) is 0 Å². The van der Waals surface area contributed by atoms with Crippen molar-refractivity contribution in [2.45, 2.75) is 33.2 Å². The van der Waals surface area contributed by atoms with E-state index in [2.05, 4.69) is 21.2 Å². The minimum atomic E-state index is -0.785. The number of carbonyl (C=O) groups excluding carboxylic acids is 2. The van der Waals surface area contributed by atoms with Crippen molar-refractivity contribution in [2.24, 2.45) is 5.92 Å². The fourth-order valence-electron chi connectivity index (χ4n) is 2.58. The van der Waals surface area contributed by atoms with Gasteiger partial charge in [-0.3, -0.25) is 4.79 Å². The van der Waals surface area contributed by atoms with Gasteiger partial charge in [-0.15, -0.1) is 0 Å². The Morgan fingerprint density at radius 1 is 1.11 bits per heavy atom. The van der Waals surface area contributed by atoms with Crippen LogP contribution in [-0.2, 0) is 16.0 Å². The first-order valence-electron chi connectivity index (χ1n) is 9.34. The van der Waals surface area contributed by atoms with Crippen molar-refractivity contribution < 1.29 is 19.1 Å². The van der Waals surface area contributed by atoms with Crippen molar-refractivity contribution in [3.63, 3.8) is 0 Å². The summed E-state index contributed by atoms with van der Waals surface area (Å²) in [5.74, 6) is -0.0324. The Balaban J connectivity index is 2.22. The molecule has 0 aliphatic heterocycles. The quantitative estimate of drug-likeness (QED) is 0.578. The third-order valence-electron chi connectivity index (χ3n) is 3.92. The first-order chi connectivity index (χ1) is 13.4. The second-order valence-corrected chi connectivity index (χ2v) is 7.73. The molecule has 0 aromatic heterocycles. The van der Waals surface area contributed by atoms with Crippen molar-refractivity contribution in [1.29, 1.82) is 0 Å². The Morgan fingerprint density at radius 3 is 2.46 bits per heavy atom. The van der Waals surface area contributed by atoms with Crippen LogP contribution in [0.15, 0.2) is 53.0 Å². The van der Waals surface area contributed by atoms with E-state index in [-0.39, 0.29) is 12.5 Å². The number of hydrogen-bond acceptors (Lipinski definition) is 4. The summed E-state index contributed by atoms with van der Waals surface area (Å²) in [5.41, 5.74) is 1.31. The first kappa shape index (κ1) is 22.0. The molecule has 1 N–H and O–H groups in total. The summed E-state index contributed by atoms with van der Waals surface area (Å²) in [4.78, 5) is 25.4. The highest BCUT2D eigenvalue weighted by Gasteiger charge is 2.25. The molecule has 150 valence electrons. The van der Waals surface area contributed by atoms with Crippen LogP contribution in [0.25, 0.3) is 0 Å². The van der Waals surface area contributed by atoms with E-state index in [0.29, 0.717) is 30.3 Å². The van der Waals surface area contributed by atoms with E-state index in [9.17, 15) is 9.59 Å². The fraction of sp³-hybridized carbons (Fsp3) is 0.364. The highest BCUT2D eigenvalue weighted by atomic mass is 79.9. The number of halogens is 1. The molecule has 1 atom stereocenters. The van der Waals surface area contributed by atoms with Crippen LogP contribution in [0.1, 0.15) is 36.7 Å². The molecule has 5 nitrogen and oxygen atoms in total. The molecular formula is C22H26BrNO4. The molecule has 2 aromatic carbocycles. The number of carbonyl (C=O) groups is 2. The molecule has 0 spiro atoms. The molecule has 2 rings (SSSR count). The summed E-state index contributed by atoms with van der Waals surface area (Å²) in [6.07, 6.45) is 0.349. The summed E-state index contributed by atoms with van der Waals surface area (Å²) in [5, 5.41) is 2.81. The van der Waals surface area contributed by atoms with Crippen LogP contribution < -0.4 is 10.1 Å². The highest BCUT2D eigenvalue weighted by molar-refractivity contribution is 9.10. The monoisotopic (exact) mass is 447 g/mol. The Hall–Kier alpha value is -2.34. The van der Waals surface area contributed by atoms with Gasteiger partial charge in [-0.05, 0) is 36.6 Å². The van der Waals surface area contributed by atoms with Gasteiger partial charge < -0.3 is 14.8 Å². The van der Waals surface area contributed by atoms with Crippen molar-refractivity contribution in [3.8, 4) is 5.75 Å². The van der Waals surface area contributed by atoms with Crippen molar-refractivity contribution in [3.05, 3.63) is 64.1 Å². The minimum absolute atomic E-state index is 0.250. The van der Waals surface area contributed by atoms with Crippen LogP contribution in [0.3, 0.4) is 0 Å². The lowest BCUT2D eigenvalue weighted by atomic mass is 10.1. The first-order valence-corrected chi connectivity index (χ1v) is 10.1. The summed E-state index contributed by atoms with van der Waals surface area (Å²) in [6, 6.07) is 14.0. The molecule has 1 amide bonds. The van der Waals surface area contributed by atoms with E-state index in [4.69, 9.17) is 9.47 Å².